The van der Waals surface area contributed by atoms with Gasteiger partial charge in [-0.15, -0.1) is 0 Å². The number of nitrogens with zero attached hydrogens (tertiary/aromatic N) is 4. The molecule has 1 N–H and O–H groups in total. The van der Waals surface area contributed by atoms with Crippen molar-refractivity contribution in [3.8, 4) is 0 Å². The van der Waals surface area contributed by atoms with Gasteiger partial charge in [-0.1, -0.05) is 78.9 Å². The van der Waals surface area contributed by atoms with Gasteiger partial charge in [0, 0.05) is 43.9 Å². The van der Waals surface area contributed by atoms with E-state index in [1.165, 1.54) is 5.56 Å². The summed E-state index contributed by atoms with van der Waals surface area (Å²) in [5.41, 5.74) is 5.72. The van der Waals surface area contributed by atoms with E-state index in [2.05, 4.69) is 39.4 Å². The lowest BCUT2D eigenvalue weighted by molar-refractivity contribution is -0.112. The summed E-state index contributed by atoms with van der Waals surface area (Å²) in [6.07, 6.45) is 0. The number of carbonyl (C=O) groups excluding carboxylic acids is 2. The van der Waals surface area contributed by atoms with E-state index in [-0.39, 0.29) is 17.9 Å². The SMILES string of the molecule is C[C@H](NC(=O)c1ccc(N=C2C(=O)N(CN3CCN(Cc4ccccc4)CC3)c3ccccc32)cc1)c1ccccc1. The predicted octanol–water partition coefficient (Wildman–Crippen LogP) is 5.42. The lowest BCUT2D eigenvalue weighted by Crippen LogP contribution is -2.50. The Bertz CT molecular complexity index is 1560. The van der Waals surface area contributed by atoms with Gasteiger partial charge in [0.2, 0.25) is 0 Å². The Morgan fingerprint density at radius 3 is 2.12 bits per heavy atom. The minimum absolute atomic E-state index is 0.0959. The molecule has 6 rings (SSSR count). The molecule has 4 aromatic carbocycles. The molecule has 2 aliphatic rings. The van der Waals surface area contributed by atoms with Crippen LogP contribution in [0.15, 0.2) is 114 Å². The predicted molar refractivity (Wildman–Crippen MR) is 167 cm³/mol. The molecule has 1 saturated heterocycles. The second-order valence-corrected chi connectivity index (χ2v) is 10.9. The molecule has 0 bridgehead atoms. The van der Waals surface area contributed by atoms with E-state index in [1.807, 2.05) is 72.5 Å². The van der Waals surface area contributed by atoms with Crippen LogP contribution >= 0.6 is 0 Å². The van der Waals surface area contributed by atoms with Crippen molar-refractivity contribution in [1.82, 2.24) is 15.1 Å². The lowest BCUT2D eigenvalue weighted by atomic mass is 10.1. The topological polar surface area (TPSA) is 68.2 Å². The number of hydrogen-bond acceptors (Lipinski definition) is 5. The fourth-order valence-electron chi connectivity index (χ4n) is 5.56. The molecule has 212 valence electrons. The molecular weight excluding hydrogens is 522 g/mol. The van der Waals surface area contributed by atoms with Gasteiger partial charge in [-0.3, -0.25) is 24.3 Å². The number of benzene rings is 4. The molecule has 42 heavy (non-hydrogen) atoms. The zero-order chi connectivity index (χ0) is 28.9. The molecule has 2 amide bonds. The fourth-order valence-corrected chi connectivity index (χ4v) is 5.56. The second kappa shape index (κ2) is 12.5. The van der Waals surface area contributed by atoms with Crippen molar-refractivity contribution in [2.24, 2.45) is 4.99 Å². The van der Waals surface area contributed by atoms with Crippen LogP contribution in [-0.2, 0) is 11.3 Å². The molecule has 2 heterocycles. The van der Waals surface area contributed by atoms with Crippen molar-refractivity contribution in [2.75, 3.05) is 37.7 Å². The maximum Gasteiger partial charge on any atom is 0.278 e. The molecule has 0 saturated carbocycles. The van der Waals surface area contributed by atoms with Gasteiger partial charge in [-0.25, -0.2) is 4.99 Å². The van der Waals surface area contributed by atoms with E-state index >= 15 is 0 Å². The number of rotatable bonds is 8. The third-order valence-corrected chi connectivity index (χ3v) is 7.97. The van der Waals surface area contributed by atoms with E-state index in [4.69, 9.17) is 4.99 Å². The number of nitrogens with one attached hydrogen (secondary N) is 1. The van der Waals surface area contributed by atoms with Crippen LogP contribution in [-0.4, -0.2) is 60.2 Å². The Kier molecular flexibility index (Phi) is 8.21. The van der Waals surface area contributed by atoms with E-state index < -0.39 is 0 Å². The van der Waals surface area contributed by atoms with Crippen LogP contribution in [0.4, 0.5) is 11.4 Å². The normalized spacial score (nSPS) is 17.3. The van der Waals surface area contributed by atoms with Crippen molar-refractivity contribution in [1.29, 1.82) is 0 Å². The van der Waals surface area contributed by atoms with Crippen molar-refractivity contribution in [3.05, 3.63) is 131 Å². The zero-order valence-electron chi connectivity index (χ0n) is 23.8. The van der Waals surface area contributed by atoms with Crippen LogP contribution < -0.4 is 10.2 Å². The maximum absolute atomic E-state index is 13.7. The number of carbonyl (C=O) groups is 2. The number of fused-ring (bicyclic) bond motifs is 1. The molecule has 1 fully saturated rings. The van der Waals surface area contributed by atoms with Gasteiger partial charge in [0.25, 0.3) is 11.8 Å². The van der Waals surface area contributed by atoms with Crippen molar-refractivity contribution < 1.29 is 9.59 Å². The van der Waals surface area contributed by atoms with Crippen LogP contribution in [0, 0.1) is 0 Å². The number of aliphatic imine (C=N–C) groups is 1. The number of piperazine rings is 1. The number of hydrogen-bond donors (Lipinski definition) is 1. The second-order valence-electron chi connectivity index (χ2n) is 10.9. The first-order chi connectivity index (χ1) is 20.5. The Morgan fingerprint density at radius 1 is 0.786 bits per heavy atom. The van der Waals surface area contributed by atoms with Crippen molar-refractivity contribution in [2.45, 2.75) is 19.5 Å². The summed E-state index contributed by atoms with van der Waals surface area (Å²) in [6, 6.07) is 35.3. The smallest absolute Gasteiger partial charge is 0.278 e. The van der Waals surface area contributed by atoms with Gasteiger partial charge >= 0.3 is 0 Å². The molecule has 0 unspecified atom stereocenters. The fraction of sp³-hybridized carbons (Fsp3) is 0.229. The van der Waals surface area contributed by atoms with Gasteiger partial charge in [0.05, 0.1) is 24.1 Å². The first-order valence-corrected chi connectivity index (χ1v) is 14.5. The minimum atomic E-state index is -0.150. The molecule has 7 nitrogen and oxygen atoms in total. The molecule has 0 aliphatic carbocycles. The average molecular weight is 558 g/mol. The van der Waals surface area contributed by atoms with Gasteiger partial charge < -0.3 is 5.32 Å². The summed E-state index contributed by atoms with van der Waals surface area (Å²) in [6.45, 7) is 7.17. The third kappa shape index (κ3) is 6.17. The van der Waals surface area contributed by atoms with Crippen LogP contribution in [0.5, 0.6) is 0 Å². The van der Waals surface area contributed by atoms with Crippen molar-refractivity contribution >= 4 is 28.9 Å². The Morgan fingerprint density at radius 2 is 1.40 bits per heavy atom. The molecule has 0 radical (unpaired) electrons. The zero-order valence-corrected chi connectivity index (χ0v) is 23.8. The van der Waals surface area contributed by atoms with Gasteiger partial charge in [0.15, 0.2) is 0 Å². The van der Waals surface area contributed by atoms with Gasteiger partial charge in [0.1, 0.15) is 5.71 Å². The quantitative estimate of drug-likeness (QED) is 0.314. The van der Waals surface area contributed by atoms with E-state index in [1.54, 1.807) is 24.3 Å². The standard InChI is InChI=1S/C35H35N5O2/c1-26(28-12-6-3-7-13-28)36-34(41)29-16-18-30(19-17-29)37-33-31-14-8-9-15-32(31)40(35(33)42)25-39-22-20-38(21-23-39)24-27-10-4-2-5-11-27/h2-19,26H,20-25H2,1H3,(H,36,41)/t26-/m0/s1. The van der Waals surface area contributed by atoms with Crippen LogP contribution in [0.3, 0.4) is 0 Å². The highest BCUT2D eigenvalue weighted by Gasteiger charge is 2.35. The summed E-state index contributed by atoms with van der Waals surface area (Å²) in [4.78, 5) is 37.9. The number of amides is 2. The summed E-state index contributed by atoms with van der Waals surface area (Å²) in [5, 5.41) is 3.04. The third-order valence-electron chi connectivity index (χ3n) is 7.97. The van der Waals surface area contributed by atoms with Gasteiger partial charge in [-0.2, -0.15) is 0 Å². The first-order valence-electron chi connectivity index (χ1n) is 14.5. The van der Waals surface area contributed by atoms with E-state index in [9.17, 15) is 9.59 Å². The van der Waals surface area contributed by atoms with E-state index in [0.29, 0.717) is 23.6 Å². The van der Waals surface area contributed by atoms with E-state index in [0.717, 1.165) is 49.5 Å². The molecule has 0 aromatic heterocycles. The summed E-state index contributed by atoms with van der Waals surface area (Å²) in [7, 11) is 0. The Labute approximate surface area is 247 Å². The lowest BCUT2D eigenvalue weighted by Gasteiger charge is -2.36. The highest BCUT2D eigenvalue weighted by atomic mass is 16.2. The number of anilines is 1. The Hall–Kier alpha value is -4.59. The molecule has 7 heteroatoms. The molecule has 4 aromatic rings. The van der Waals surface area contributed by atoms with Crippen molar-refractivity contribution in [3.63, 3.8) is 0 Å². The summed E-state index contributed by atoms with van der Waals surface area (Å²) < 4.78 is 0. The average Bonchev–Trinajstić information content (AvgIpc) is 3.29. The monoisotopic (exact) mass is 557 g/mol. The number of para-hydroxylation sites is 1. The molecule has 0 spiro atoms. The van der Waals surface area contributed by atoms with Gasteiger partial charge in [-0.05, 0) is 48.4 Å². The highest BCUT2D eigenvalue weighted by Crippen LogP contribution is 2.31. The summed E-state index contributed by atoms with van der Waals surface area (Å²) >= 11 is 0. The maximum atomic E-state index is 13.7. The molecule has 1 atom stereocenters. The largest absolute Gasteiger partial charge is 0.346 e. The summed E-state index contributed by atoms with van der Waals surface area (Å²) in [5.74, 6) is -0.246. The first kappa shape index (κ1) is 27.6. The Balaban J connectivity index is 1.11. The minimum Gasteiger partial charge on any atom is -0.346 e. The van der Waals surface area contributed by atoms with Crippen LogP contribution in [0.25, 0.3) is 0 Å². The van der Waals surface area contributed by atoms with Crippen LogP contribution in [0.1, 0.15) is 40.0 Å². The highest BCUT2D eigenvalue weighted by molar-refractivity contribution is 6.54. The molecular formula is C35H35N5O2. The molecule has 2 aliphatic heterocycles. The van der Waals surface area contributed by atoms with Crippen LogP contribution in [0.2, 0.25) is 0 Å².